The number of carbonyl (C=O) groups excluding carboxylic acids is 2. The van der Waals surface area contributed by atoms with Gasteiger partial charge in [-0.3, -0.25) is 9.59 Å². The van der Waals surface area contributed by atoms with Crippen molar-refractivity contribution in [1.29, 1.82) is 0 Å². The molecule has 170 valence electrons. The number of rotatable bonds is 2. The number of nitrogens with one attached hydrogen (secondary N) is 1. The third-order valence-corrected chi connectivity index (χ3v) is 7.29. The van der Waals surface area contributed by atoms with Crippen LogP contribution in [0.15, 0.2) is 41.1 Å². The van der Waals surface area contributed by atoms with Crippen molar-refractivity contribution in [1.82, 2.24) is 15.2 Å². The highest BCUT2D eigenvalue weighted by atomic mass is 19.4. The van der Waals surface area contributed by atoms with Crippen LogP contribution >= 0.6 is 0 Å². The monoisotopic (exact) mass is 446 g/mol. The second-order valence-corrected chi connectivity index (χ2v) is 9.21. The zero-order valence-electron chi connectivity index (χ0n) is 17.7. The van der Waals surface area contributed by atoms with Crippen LogP contribution in [0.25, 0.3) is 0 Å². The zero-order valence-corrected chi connectivity index (χ0v) is 17.7. The van der Waals surface area contributed by atoms with Gasteiger partial charge in [0.2, 0.25) is 5.91 Å². The van der Waals surface area contributed by atoms with Crippen molar-refractivity contribution in [3.05, 3.63) is 47.2 Å². The SMILES string of the molecule is CC(=O)N1C=C2C(C(=O)N3C[C@H]4CC(c5ccccc5C(F)(F)F)C[C@H]4C3)=NNC2CC1. The molecular weight excluding hydrogens is 421 g/mol. The summed E-state index contributed by atoms with van der Waals surface area (Å²) in [5.74, 6) is -0.0101. The first-order valence-electron chi connectivity index (χ1n) is 11.0. The highest BCUT2D eigenvalue weighted by Crippen LogP contribution is 2.49. The summed E-state index contributed by atoms with van der Waals surface area (Å²) in [5.41, 5.74) is 3.91. The van der Waals surface area contributed by atoms with Crippen LogP contribution in [-0.4, -0.2) is 53.0 Å². The first kappa shape index (κ1) is 21.0. The molecule has 1 aromatic rings. The van der Waals surface area contributed by atoms with E-state index in [1.807, 2.05) is 0 Å². The lowest BCUT2D eigenvalue weighted by molar-refractivity contribution is -0.138. The minimum Gasteiger partial charge on any atom is -0.337 e. The first-order valence-corrected chi connectivity index (χ1v) is 11.0. The number of likely N-dealkylation sites (tertiary alicyclic amines) is 1. The maximum absolute atomic E-state index is 13.4. The summed E-state index contributed by atoms with van der Waals surface area (Å²) in [5, 5.41) is 4.26. The Labute approximate surface area is 184 Å². The largest absolute Gasteiger partial charge is 0.416 e. The second kappa shape index (κ2) is 7.64. The predicted molar refractivity (Wildman–Crippen MR) is 111 cm³/mol. The second-order valence-electron chi connectivity index (χ2n) is 9.21. The minimum atomic E-state index is -4.36. The molecular formula is C23H25F3N4O2. The normalized spacial score (nSPS) is 29.2. The summed E-state index contributed by atoms with van der Waals surface area (Å²) in [7, 11) is 0. The highest BCUT2D eigenvalue weighted by Gasteiger charge is 2.46. The van der Waals surface area contributed by atoms with Crippen molar-refractivity contribution in [3.63, 3.8) is 0 Å². The standard InChI is InChI=1S/C23H25F3N4O2/c1-13(31)29-7-6-20-18(12-29)21(28-27-20)22(32)30-10-15-8-14(9-16(15)11-30)17-4-2-3-5-19(17)23(24,25)26/h2-5,12,14-16,20,27H,6-11H2,1H3/t14?,15-,16+,20?. The van der Waals surface area contributed by atoms with Crippen molar-refractivity contribution in [2.24, 2.45) is 16.9 Å². The topological polar surface area (TPSA) is 65.0 Å². The smallest absolute Gasteiger partial charge is 0.337 e. The van der Waals surface area contributed by atoms with E-state index in [2.05, 4.69) is 10.5 Å². The maximum Gasteiger partial charge on any atom is 0.416 e. The Morgan fingerprint density at radius 2 is 1.81 bits per heavy atom. The van der Waals surface area contributed by atoms with Gasteiger partial charge in [-0.05, 0) is 48.6 Å². The van der Waals surface area contributed by atoms with Crippen molar-refractivity contribution in [2.75, 3.05) is 19.6 Å². The molecule has 32 heavy (non-hydrogen) atoms. The van der Waals surface area contributed by atoms with E-state index in [-0.39, 0.29) is 35.6 Å². The number of amides is 2. The Bertz CT molecular complexity index is 1000. The quantitative estimate of drug-likeness (QED) is 0.759. The van der Waals surface area contributed by atoms with Gasteiger partial charge in [-0.2, -0.15) is 18.3 Å². The third-order valence-electron chi connectivity index (χ3n) is 7.29. The number of nitrogens with zero attached hydrogens (tertiary/aromatic N) is 3. The van der Waals surface area contributed by atoms with E-state index >= 15 is 0 Å². The Morgan fingerprint density at radius 3 is 2.47 bits per heavy atom. The molecule has 4 aliphatic rings. The van der Waals surface area contributed by atoms with E-state index in [0.717, 1.165) is 11.6 Å². The average Bonchev–Trinajstić information content (AvgIpc) is 3.45. The van der Waals surface area contributed by atoms with Crippen molar-refractivity contribution in [2.45, 2.75) is 44.3 Å². The van der Waals surface area contributed by atoms with Crippen molar-refractivity contribution >= 4 is 17.5 Å². The summed E-state index contributed by atoms with van der Waals surface area (Å²) >= 11 is 0. The summed E-state index contributed by atoms with van der Waals surface area (Å²) < 4.78 is 40.3. The van der Waals surface area contributed by atoms with Crippen LogP contribution in [0.4, 0.5) is 13.2 Å². The molecule has 2 fully saturated rings. The number of hydrazone groups is 1. The molecule has 1 aliphatic carbocycles. The predicted octanol–water partition coefficient (Wildman–Crippen LogP) is 3.12. The molecule has 1 N–H and O–H groups in total. The van der Waals surface area contributed by atoms with Gasteiger partial charge in [0.05, 0.1) is 11.6 Å². The van der Waals surface area contributed by atoms with Gasteiger partial charge in [0.1, 0.15) is 0 Å². The number of fused-ring (bicyclic) bond motifs is 2. The number of alkyl halides is 3. The van der Waals surface area contributed by atoms with Gasteiger partial charge in [-0.1, -0.05) is 18.2 Å². The van der Waals surface area contributed by atoms with Gasteiger partial charge in [0, 0.05) is 38.3 Å². The molecule has 3 aliphatic heterocycles. The van der Waals surface area contributed by atoms with Gasteiger partial charge in [0.25, 0.3) is 5.91 Å². The molecule has 9 heteroatoms. The van der Waals surface area contributed by atoms with Crippen LogP contribution in [0.5, 0.6) is 0 Å². The molecule has 3 heterocycles. The molecule has 4 atom stereocenters. The molecule has 0 bridgehead atoms. The summed E-state index contributed by atoms with van der Waals surface area (Å²) in [6.07, 6.45) is -0.654. The molecule has 1 aromatic carbocycles. The van der Waals surface area contributed by atoms with Crippen LogP contribution in [-0.2, 0) is 15.8 Å². The van der Waals surface area contributed by atoms with E-state index in [9.17, 15) is 22.8 Å². The van der Waals surface area contributed by atoms with Gasteiger partial charge < -0.3 is 15.2 Å². The van der Waals surface area contributed by atoms with Crippen LogP contribution in [0, 0.1) is 11.8 Å². The molecule has 2 unspecified atom stereocenters. The fourth-order valence-corrected chi connectivity index (χ4v) is 5.71. The van der Waals surface area contributed by atoms with Crippen molar-refractivity contribution < 1.29 is 22.8 Å². The molecule has 1 saturated carbocycles. The van der Waals surface area contributed by atoms with Crippen LogP contribution in [0.2, 0.25) is 0 Å². The summed E-state index contributed by atoms with van der Waals surface area (Å²) in [4.78, 5) is 28.3. The first-order chi connectivity index (χ1) is 15.2. The van der Waals surface area contributed by atoms with Crippen molar-refractivity contribution in [3.8, 4) is 0 Å². The molecule has 0 aromatic heterocycles. The van der Waals surface area contributed by atoms with Crippen LogP contribution in [0.1, 0.15) is 43.2 Å². The molecule has 2 amide bonds. The maximum atomic E-state index is 13.4. The Hall–Kier alpha value is -2.84. The Balaban J connectivity index is 1.28. The number of halogens is 3. The minimum absolute atomic E-state index is 0.0603. The Morgan fingerprint density at radius 1 is 1.12 bits per heavy atom. The van der Waals surface area contributed by atoms with E-state index in [0.29, 0.717) is 50.2 Å². The lowest BCUT2D eigenvalue weighted by Crippen LogP contribution is -2.40. The van der Waals surface area contributed by atoms with E-state index in [4.69, 9.17) is 0 Å². The number of benzene rings is 1. The number of hydrogen-bond donors (Lipinski definition) is 1. The molecule has 1 saturated heterocycles. The highest BCUT2D eigenvalue weighted by molar-refractivity contribution is 6.46. The fraction of sp³-hybridized carbons (Fsp3) is 0.522. The molecule has 5 rings (SSSR count). The zero-order chi connectivity index (χ0) is 22.6. The molecule has 0 radical (unpaired) electrons. The van der Waals surface area contributed by atoms with E-state index < -0.39 is 11.7 Å². The molecule has 6 nitrogen and oxygen atoms in total. The van der Waals surface area contributed by atoms with Gasteiger partial charge in [-0.25, -0.2) is 0 Å². The average molecular weight is 446 g/mol. The van der Waals surface area contributed by atoms with Gasteiger partial charge in [0.15, 0.2) is 5.71 Å². The Kier molecular flexibility index (Phi) is 5.02. The summed E-state index contributed by atoms with van der Waals surface area (Å²) in [6, 6.07) is 5.78. The number of hydrogen-bond acceptors (Lipinski definition) is 4. The third kappa shape index (κ3) is 3.57. The fourth-order valence-electron chi connectivity index (χ4n) is 5.71. The van der Waals surface area contributed by atoms with Crippen LogP contribution < -0.4 is 5.43 Å². The van der Waals surface area contributed by atoms with Gasteiger partial charge >= 0.3 is 6.18 Å². The summed E-state index contributed by atoms with van der Waals surface area (Å²) in [6.45, 7) is 3.14. The van der Waals surface area contributed by atoms with Crippen LogP contribution in [0.3, 0.4) is 0 Å². The van der Waals surface area contributed by atoms with E-state index in [1.54, 1.807) is 28.1 Å². The van der Waals surface area contributed by atoms with Gasteiger partial charge in [-0.15, -0.1) is 0 Å². The molecule has 0 spiro atoms. The lowest BCUT2D eigenvalue weighted by Gasteiger charge is -2.27. The lowest BCUT2D eigenvalue weighted by atomic mass is 9.91. The van der Waals surface area contributed by atoms with E-state index in [1.165, 1.54) is 13.0 Å². The number of carbonyl (C=O) groups is 2.